The summed E-state index contributed by atoms with van der Waals surface area (Å²) in [5.41, 5.74) is 0.931. The maximum atomic E-state index is 13.1. The summed E-state index contributed by atoms with van der Waals surface area (Å²) >= 11 is 0. The van der Waals surface area contributed by atoms with E-state index in [0.717, 1.165) is 19.3 Å². The molecule has 1 aliphatic rings. The molecule has 0 saturated heterocycles. The number of halogens is 1. The van der Waals surface area contributed by atoms with Crippen LogP contribution in [-0.2, 0) is 0 Å². The number of benzene rings is 1. The zero-order valence-corrected chi connectivity index (χ0v) is 10.4. The zero-order valence-electron chi connectivity index (χ0n) is 10.4. The molecular formula is C14H18FNO2. The molecule has 0 aliphatic heterocycles. The lowest BCUT2D eigenvalue weighted by Crippen LogP contribution is -2.39. The standard InChI is InChI=1S/C14H18FNO2/c1-9-7-10(5-6-13(9)15)14(18)16-11-3-2-4-12(17)8-11/h5-7,11-12,17H,2-4,8H2,1H3,(H,16,18). The second kappa shape index (κ2) is 5.48. The van der Waals surface area contributed by atoms with Crippen molar-refractivity contribution in [2.24, 2.45) is 0 Å². The molecule has 0 aromatic heterocycles. The van der Waals surface area contributed by atoms with Crippen LogP contribution in [0.1, 0.15) is 41.6 Å². The maximum absolute atomic E-state index is 13.1. The van der Waals surface area contributed by atoms with Crippen LogP contribution in [-0.4, -0.2) is 23.2 Å². The third-order valence-electron chi connectivity index (χ3n) is 3.40. The lowest BCUT2D eigenvalue weighted by Gasteiger charge is -2.26. The number of aryl methyl sites for hydroxylation is 1. The van der Waals surface area contributed by atoms with Crippen LogP contribution in [0.2, 0.25) is 0 Å². The van der Waals surface area contributed by atoms with Crippen molar-refractivity contribution in [1.82, 2.24) is 5.32 Å². The van der Waals surface area contributed by atoms with Crippen molar-refractivity contribution in [1.29, 1.82) is 0 Å². The van der Waals surface area contributed by atoms with Gasteiger partial charge >= 0.3 is 0 Å². The van der Waals surface area contributed by atoms with E-state index in [2.05, 4.69) is 5.32 Å². The molecule has 0 heterocycles. The van der Waals surface area contributed by atoms with Crippen molar-refractivity contribution in [3.8, 4) is 0 Å². The van der Waals surface area contributed by atoms with E-state index in [1.807, 2.05) is 0 Å². The lowest BCUT2D eigenvalue weighted by molar-refractivity contribution is 0.0849. The number of amides is 1. The van der Waals surface area contributed by atoms with Gasteiger partial charge in [0.1, 0.15) is 5.82 Å². The number of rotatable bonds is 2. The molecule has 1 aromatic rings. The van der Waals surface area contributed by atoms with Crippen LogP contribution < -0.4 is 5.32 Å². The summed E-state index contributed by atoms with van der Waals surface area (Å²) < 4.78 is 13.1. The zero-order chi connectivity index (χ0) is 13.1. The Morgan fingerprint density at radius 3 is 2.89 bits per heavy atom. The molecule has 1 saturated carbocycles. The molecule has 18 heavy (non-hydrogen) atoms. The van der Waals surface area contributed by atoms with Crippen molar-refractivity contribution < 1.29 is 14.3 Å². The Morgan fingerprint density at radius 2 is 2.22 bits per heavy atom. The Labute approximate surface area is 106 Å². The number of hydrogen-bond donors (Lipinski definition) is 2. The van der Waals surface area contributed by atoms with Gasteiger partial charge in [0.25, 0.3) is 5.91 Å². The normalized spacial score (nSPS) is 23.7. The van der Waals surface area contributed by atoms with Gasteiger partial charge in [-0.3, -0.25) is 4.79 Å². The summed E-state index contributed by atoms with van der Waals surface area (Å²) in [5, 5.41) is 12.4. The number of aliphatic hydroxyl groups is 1. The van der Waals surface area contributed by atoms with Crippen molar-refractivity contribution in [2.75, 3.05) is 0 Å². The van der Waals surface area contributed by atoms with E-state index in [-0.39, 0.29) is 23.9 Å². The van der Waals surface area contributed by atoms with Crippen LogP contribution in [0.3, 0.4) is 0 Å². The van der Waals surface area contributed by atoms with Gasteiger partial charge in [-0.1, -0.05) is 0 Å². The van der Waals surface area contributed by atoms with Gasteiger partial charge in [0.15, 0.2) is 0 Å². The lowest BCUT2D eigenvalue weighted by atomic mass is 9.93. The van der Waals surface area contributed by atoms with Gasteiger partial charge in [-0.15, -0.1) is 0 Å². The summed E-state index contributed by atoms with van der Waals surface area (Å²) in [7, 11) is 0. The molecule has 4 heteroatoms. The number of hydrogen-bond acceptors (Lipinski definition) is 2. The predicted octanol–water partition coefficient (Wildman–Crippen LogP) is 2.17. The molecule has 2 unspecified atom stereocenters. The molecule has 0 bridgehead atoms. The Kier molecular flexibility index (Phi) is 3.97. The molecule has 2 rings (SSSR count). The van der Waals surface area contributed by atoms with Crippen LogP contribution in [0.15, 0.2) is 18.2 Å². The molecule has 2 atom stereocenters. The molecule has 1 fully saturated rings. The van der Waals surface area contributed by atoms with Crippen molar-refractivity contribution in [3.05, 3.63) is 35.1 Å². The maximum Gasteiger partial charge on any atom is 0.251 e. The molecule has 1 aromatic carbocycles. The fourth-order valence-corrected chi connectivity index (χ4v) is 2.35. The van der Waals surface area contributed by atoms with Crippen LogP contribution >= 0.6 is 0 Å². The van der Waals surface area contributed by atoms with Crippen molar-refractivity contribution in [3.63, 3.8) is 0 Å². The fraction of sp³-hybridized carbons (Fsp3) is 0.500. The van der Waals surface area contributed by atoms with Gasteiger partial charge < -0.3 is 10.4 Å². The predicted molar refractivity (Wildman–Crippen MR) is 66.9 cm³/mol. The summed E-state index contributed by atoms with van der Waals surface area (Å²) in [6.07, 6.45) is 2.91. The van der Waals surface area contributed by atoms with Gasteiger partial charge in [-0.25, -0.2) is 4.39 Å². The second-order valence-corrected chi connectivity index (χ2v) is 4.95. The first-order valence-electron chi connectivity index (χ1n) is 6.31. The molecule has 0 spiro atoms. The minimum absolute atomic E-state index is 0.0200. The van der Waals surface area contributed by atoms with Crippen LogP contribution in [0.25, 0.3) is 0 Å². The minimum Gasteiger partial charge on any atom is -0.393 e. The summed E-state index contributed by atoms with van der Waals surface area (Å²) in [5.74, 6) is -0.503. The third-order valence-corrected chi connectivity index (χ3v) is 3.40. The van der Waals surface area contributed by atoms with Crippen LogP contribution in [0, 0.1) is 12.7 Å². The summed E-state index contributed by atoms with van der Waals surface area (Å²) in [6, 6.07) is 4.35. The van der Waals surface area contributed by atoms with Gasteiger partial charge in [0, 0.05) is 11.6 Å². The van der Waals surface area contributed by atoms with E-state index in [1.165, 1.54) is 12.1 Å². The third kappa shape index (κ3) is 3.07. The van der Waals surface area contributed by atoms with E-state index in [1.54, 1.807) is 13.0 Å². The average Bonchev–Trinajstić information content (AvgIpc) is 2.32. The Hall–Kier alpha value is -1.42. The quantitative estimate of drug-likeness (QED) is 0.846. The Morgan fingerprint density at radius 1 is 1.44 bits per heavy atom. The van der Waals surface area contributed by atoms with Gasteiger partial charge in [0.2, 0.25) is 0 Å². The first kappa shape index (κ1) is 13.0. The van der Waals surface area contributed by atoms with E-state index in [0.29, 0.717) is 17.5 Å². The van der Waals surface area contributed by atoms with Crippen molar-refractivity contribution >= 4 is 5.91 Å². The molecule has 1 aliphatic carbocycles. The topological polar surface area (TPSA) is 49.3 Å². The highest BCUT2D eigenvalue weighted by Crippen LogP contribution is 2.19. The van der Waals surface area contributed by atoms with Gasteiger partial charge in [-0.2, -0.15) is 0 Å². The minimum atomic E-state index is -0.320. The van der Waals surface area contributed by atoms with Crippen LogP contribution in [0.4, 0.5) is 4.39 Å². The smallest absolute Gasteiger partial charge is 0.251 e. The highest BCUT2D eigenvalue weighted by Gasteiger charge is 2.22. The van der Waals surface area contributed by atoms with E-state index in [9.17, 15) is 14.3 Å². The van der Waals surface area contributed by atoms with Gasteiger partial charge in [0.05, 0.1) is 6.10 Å². The number of carbonyl (C=O) groups is 1. The molecular weight excluding hydrogens is 233 g/mol. The van der Waals surface area contributed by atoms with E-state index >= 15 is 0 Å². The molecule has 1 amide bonds. The first-order chi connectivity index (χ1) is 8.56. The fourth-order valence-electron chi connectivity index (χ4n) is 2.35. The number of carbonyl (C=O) groups excluding carboxylic acids is 1. The highest BCUT2D eigenvalue weighted by atomic mass is 19.1. The SMILES string of the molecule is Cc1cc(C(=O)NC2CCCC(O)C2)ccc1F. The highest BCUT2D eigenvalue weighted by molar-refractivity contribution is 5.94. The van der Waals surface area contributed by atoms with E-state index in [4.69, 9.17) is 0 Å². The number of aliphatic hydroxyl groups excluding tert-OH is 1. The molecule has 0 radical (unpaired) electrons. The second-order valence-electron chi connectivity index (χ2n) is 4.95. The van der Waals surface area contributed by atoms with Crippen molar-refractivity contribution in [2.45, 2.75) is 44.8 Å². The monoisotopic (exact) mass is 251 g/mol. The molecule has 2 N–H and O–H groups in total. The largest absolute Gasteiger partial charge is 0.393 e. The van der Waals surface area contributed by atoms with Gasteiger partial charge in [-0.05, 0) is 56.4 Å². The first-order valence-corrected chi connectivity index (χ1v) is 6.31. The van der Waals surface area contributed by atoms with E-state index < -0.39 is 0 Å². The summed E-state index contributed by atoms with van der Waals surface area (Å²) in [6.45, 7) is 1.64. The Bertz CT molecular complexity index is 447. The van der Waals surface area contributed by atoms with Crippen LogP contribution in [0.5, 0.6) is 0 Å². The Balaban J connectivity index is 2.00. The average molecular weight is 251 g/mol. The number of nitrogens with one attached hydrogen (secondary N) is 1. The molecule has 98 valence electrons. The summed E-state index contributed by atoms with van der Waals surface area (Å²) in [4.78, 5) is 12.0. The molecule has 3 nitrogen and oxygen atoms in total.